The zero-order valence-electron chi connectivity index (χ0n) is 13.4. The molecular formula is C18H13ClN4O2S. The lowest BCUT2D eigenvalue weighted by atomic mass is 10.1. The van der Waals surface area contributed by atoms with Crippen LogP contribution < -0.4 is 5.48 Å². The zero-order chi connectivity index (χ0) is 18.1. The minimum Gasteiger partial charge on any atom is -0.288 e. The van der Waals surface area contributed by atoms with Crippen molar-refractivity contribution in [2.75, 3.05) is 0 Å². The van der Waals surface area contributed by atoms with Crippen LogP contribution in [-0.2, 0) is 6.54 Å². The van der Waals surface area contributed by atoms with Crippen LogP contribution in [0, 0.1) is 0 Å². The number of amidine groups is 1. The van der Waals surface area contributed by atoms with Crippen LogP contribution in [0.5, 0.6) is 0 Å². The molecule has 2 N–H and O–H groups in total. The first-order chi connectivity index (χ1) is 12.6. The largest absolute Gasteiger partial charge is 0.288 e. The Morgan fingerprint density at radius 1 is 1.19 bits per heavy atom. The van der Waals surface area contributed by atoms with Crippen molar-refractivity contribution in [1.29, 1.82) is 0 Å². The van der Waals surface area contributed by atoms with Crippen LogP contribution in [0.2, 0.25) is 0 Å². The number of allylic oxidation sites excluding steroid dienone is 1. The fourth-order valence-electron chi connectivity index (χ4n) is 2.66. The molecule has 8 heteroatoms. The van der Waals surface area contributed by atoms with Crippen molar-refractivity contribution in [3.8, 4) is 0 Å². The van der Waals surface area contributed by atoms with Gasteiger partial charge < -0.3 is 0 Å². The van der Waals surface area contributed by atoms with E-state index < -0.39 is 5.91 Å². The molecule has 0 atom stereocenters. The molecule has 0 unspecified atom stereocenters. The SMILES string of the molecule is O=C(NO)c1ccc(CN2N=C(Cl)C=C3Sc4ccccc4N=C32)cc1. The summed E-state index contributed by atoms with van der Waals surface area (Å²) in [5.74, 6) is 0.195. The molecule has 2 heterocycles. The lowest BCUT2D eigenvalue weighted by molar-refractivity contribution is 0.0706. The number of hydroxylamine groups is 1. The second kappa shape index (κ2) is 6.95. The summed E-state index contributed by atoms with van der Waals surface area (Å²) in [4.78, 5) is 18.2. The Kier molecular flexibility index (Phi) is 4.50. The third-order valence-electron chi connectivity index (χ3n) is 3.89. The van der Waals surface area contributed by atoms with E-state index in [0.717, 1.165) is 26.9 Å². The number of thioether (sulfide) groups is 1. The van der Waals surface area contributed by atoms with Gasteiger partial charge in [-0.2, -0.15) is 5.10 Å². The standard InChI is InChI=1S/C18H13ClN4O2S/c19-16-9-15-17(20-13-3-1-2-4-14(13)26-15)23(21-16)10-11-5-7-12(8-6-11)18(24)22-25/h1-9,25H,10H2,(H,22,24). The van der Waals surface area contributed by atoms with Crippen LogP contribution in [0.3, 0.4) is 0 Å². The fraction of sp³-hybridized carbons (Fsp3) is 0.0556. The molecule has 2 aromatic rings. The number of benzene rings is 2. The summed E-state index contributed by atoms with van der Waals surface area (Å²) >= 11 is 7.80. The smallest absolute Gasteiger partial charge is 0.274 e. The van der Waals surface area contributed by atoms with E-state index in [-0.39, 0.29) is 0 Å². The van der Waals surface area contributed by atoms with Crippen molar-refractivity contribution in [2.45, 2.75) is 11.4 Å². The molecule has 2 aliphatic rings. The number of rotatable bonds is 3. The Hall–Kier alpha value is -2.61. The molecular weight excluding hydrogens is 372 g/mol. The van der Waals surface area contributed by atoms with E-state index in [1.54, 1.807) is 46.5 Å². The summed E-state index contributed by atoms with van der Waals surface area (Å²) in [7, 11) is 0. The summed E-state index contributed by atoms with van der Waals surface area (Å²) < 4.78 is 0. The number of aliphatic imine (C=N–C) groups is 1. The van der Waals surface area contributed by atoms with E-state index >= 15 is 0 Å². The highest BCUT2D eigenvalue weighted by molar-refractivity contribution is 8.04. The van der Waals surface area contributed by atoms with E-state index in [4.69, 9.17) is 21.8 Å². The summed E-state index contributed by atoms with van der Waals surface area (Å²) in [5.41, 5.74) is 3.82. The Balaban J connectivity index is 1.63. The number of para-hydroxylation sites is 1. The molecule has 0 saturated carbocycles. The molecule has 1 amide bonds. The summed E-state index contributed by atoms with van der Waals surface area (Å²) in [6.45, 7) is 0.455. The number of carbonyl (C=O) groups excluding carboxylic acids is 1. The predicted molar refractivity (Wildman–Crippen MR) is 102 cm³/mol. The molecule has 0 fully saturated rings. The van der Waals surface area contributed by atoms with Crippen molar-refractivity contribution >= 4 is 46.0 Å². The minimum atomic E-state index is -0.550. The van der Waals surface area contributed by atoms with Gasteiger partial charge in [0.2, 0.25) is 0 Å². The van der Waals surface area contributed by atoms with Crippen molar-refractivity contribution in [1.82, 2.24) is 10.5 Å². The first-order valence-electron chi connectivity index (χ1n) is 7.77. The average molecular weight is 385 g/mol. The van der Waals surface area contributed by atoms with E-state index in [0.29, 0.717) is 17.3 Å². The number of nitrogens with one attached hydrogen (secondary N) is 1. The molecule has 4 rings (SSSR count). The van der Waals surface area contributed by atoms with Crippen LogP contribution in [-0.4, -0.2) is 27.1 Å². The molecule has 2 aliphatic heterocycles. The fourth-order valence-corrected chi connectivity index (χ4v) is 3.94. The Morgan fingerprint density at radius 3 is 2.73 bits per heavy atom. The van der Waals surface area contributed by atoms with E-state index in [1.807, 2.05) is 30.3 Å². The van der Waals surface area contributed by atoms with Gasteiger partial charge in [-0.15, -0.1) is 0 Å². The summed E-state index contributed by atoms with van der Waals surface area (Å²) in [5, 5.41) is 15.2. The van der Waals surface area contributed by atoms with Crippen molar-refractivity contribution < 1.29 is 10.0 Å². The van der Waals surface area contributed by atoms with Gasteiger partial charge in [0.15, 0.2) is 11.0 Å². The molecule has 2 aromatic carbocycles. The van der Waals surface area contributed by atoms with Gasteiger partial charge in [-0.05, 0) is 35.9 Å². The van der Waals surface area contributed by atoms with Crippen LogP contribution in [0.15, 0.2) is 74.5 Å². The van der Waals surface area contributed by atoms with E-state index in [9.17, 15) is 4.79 Å². The summed E-state index contributed by atoms with van der Waals surface area (Å²) in [6, 6.07) is 14.8. The second-order valence-electron chi connectivity index (χ2n) is 5.63. The maximum absolute atomic E-state index is 11.4. The van der Waals surface area contributed by atoms with Gasteiger partial charge >= 0.3 is 0 Å². The van der Waals surface area contributed by atoms with Crippen molar-refractivity contribution in [3.05, 3.63) is 70.6 Å². The highest BCUT2D eigenvalue weighted by Crippen LogP contribution is 2.42. The quantitative estimate of drug-likeness (QED) is 0.621. The lowest BCUT2D eigenvalue weighted by Gasteiger charge is -2.28. The number of hydrogen-bond donors (Lipinski definition) is 2. The number of hydrogen-bond acceptors (Lipinski definition) is 6. The second-order valence-corrected chi connectivity index (χ2v) is 7.10. The lowest BCUT2D eigenvalue weighted by Crippen LogP contribution is -2.31. The van der Waals surface area contributed by atoms with Crippen LogP contribution in [0.25, 0.3) is 0 Å². The molecule has 0 spiro atoms. The molecule has 0 saturated heterocycles. The summed E-state index contributed by atoms with van der Waals surface area (Å²) in [6.07, 6.45) is 1.81. The number of carbonyl (C=O) groups is 1. The number of nitrogens with zero attached hydrogens (tertiary/aromatic N) is 3. The van der Waals surface area contributed by atoms with Gasteiger partial charge in [0.25, 0.3) is 5.91 Å². The van der Waals surface area contributed by atoms with Gasteiger partial charge in [-0.25, -0.2) is 15.5 Å². The predicted octanol–water partition coefficient (Wildman–Crippen LogP) is 3.89. The van der Waals surface area contributed by atoms with Crippen molar-refractivity contribution in [3.63, 3.8) is 0 Å². The van der Waals surface area contributed by atoms with Gasteiger partial charge in [-0.3, -0.25) is 10.0 Å². The molecule has 6 nitrogen and oxygen atoms in total. The Morgan fingerprint density at radius 2 is 1.96 bits per heavy atom. The van der Waals surface area contributed by atoms with E-state index in [1.165, 1.54) is 0 Å². The van der Waals surface area contributed by atoms with Gasteiger partial charge in [-0.1, -0.05) is 47.6 Å². The number of amides is 1. The minimum absolute atomic E-state index is 0.372. The number of hydrazone groups is 1. The average Bonchev–Trinajstić information content (AvgIpc) is 2.66. The first-order valence-corrected chi connectivity index (χ1v) is 8.96. The monoisotopic (exact) mass is 384 g/mol. The van der Waals surface area contributed by atoms with Crippen LogP contribution >= 0.6 is 23.4 Å². The Bertz CT molecular complexity index is 969. The molecule has 0 aliphatic carbocycles. The third-order valence-corrected chi connectivity index (χ3v) is 5.16. The maximum atomic E-state index is 11.4. The maximum Gasteiger partial charge on any atom is 0.274 e. The van der Waals surface area contributed by atoms with Crippen molar-refractivity contribution in [2.24, 2.45) is 10.1 Å². The first kappa shape index (κ1) is 16.8. The molecule has 0 radical (unpaired) electrons. The zero-order valence-corrected chi connectivity index (χ0v) is 15.0. The van der Waals surface area contributed by atoms with Gasteiger partial charge in [0.05, 0.1) is 17.1 Å². The van der Waals surface area contributed by atoms with Gasteiger partial charge in [0.1, 0.15) is 0 Å². The van der Waals surface area contributed by atoms with E-state index in [2.05, 4.69) is 5.10 Å². The third kappa shape index (κ3) is 3.24. The Labute approximate surface area is 158 Å². The highest BCUT2D eigenvalue weighted by Gasteiger charge is 2.26. The highest BCUT2D eigenvalue weighted by atomic mass is 35.5. The van der Waals surface area contributed by atoms with Gasteiger partial charge in [0, 0.05) is 10.5 Å². The van der Waals surface area contributed by atoms with Crippen LogP contribution in [0.1, 0.15) is 15.9 Å². The molecule has 0 aromatic heterocycles. The number of fused-ring (bicyclic) bond motifs is 2. The topological polar surface area (TPSA) is 77.3 Å². The van der Waals surface area contributed by atoms with Crippen LogP contribution in [0.4, 0.5) is 5.69 Å². The molecule has 0 bridgehead atoms. The number of halogens is 1. The molecule has 26 heavy (non-hydrogen) atoms. The molecule has 130 valence electrons. The normalized spacial score (nSPS) is 15.3.